The number of aliphatic hydroxyl groups is 3. The third-order valence-corrected chi connectivity index (χ3v) is 3.71. The molecule has 4 N–H and O–H groups in total. The normalized spacial score (nSPS) is 44.8. The van der Waals surface area contributed by atoms with Crippen LogP contribution >= 0.6 is 11.8 Å². The largest absolute Gasteiger partial charge is 0.394 e. The topological polar surface area (TPSA) is 94.3 Å². The van der Waals surface area contributed by atoms with E-state index in [2.05, 4.69) is 10.3 Å². The SMILES string of the molecule is CNC1=NC2C(OC(CO)C(O)C2O)S1. The summed E-state index contributed by atoms with van der Waals surface area (Å²) in [6.45, 7) is -0.309. The zero-order valence-corrected chi connectivity index (χ0v) is 9.02. The molecule has 2 aliphatic heterocycles. The molecule has 0 amide bonds. The fourth-order valence-electron chi connectivity index (χ4n) is 1.70. The Balaban J connectivity index is 2.12. The van der Waals surface area contributed by atoms with Gasteiger partial charge in [0.1, 0.15) is 29.8 Å². The van der Waals surface area contributed by atoms with E-state index in [0.29, 0.717) is 5.17 Å². The van der Waals surface area contributed by atoms with E-state index in [-0.39, 0.29) is 12.0 Å². The van der Waals surface area contributed by atoms with E-state index in [0.717, 1.165) is 0 Å². The molecular weight excluding hydrogens is 220 g/mol. The lowest BCUT2D eigenvalue weighted by atomic mass is 9.99. The summed E-state index contributed by atoms with van der Waals surface area (Å²) in [6, 6.07) is -0.463. The van der Waals surface area contributed by atoms with Crippen LogP contribution in [0.3, 0.4) is 0 Å². The predicted molar refractivity (Wildman–Crippen MR) is 55.6 cm³/mol. The van der Waals surface area contributed by atoms with Crippen LogP contribution in [0.2, 0.25) is 0 Å². The molecule has 5 atom stereocenters. The van der Waals surface area contributed by atoms with E-state index in [9.17, 15) is 10.2 Å². The van der Waals surface area contributed by atoms with E-state index >= 15 is 0 Å². The van der Waals surface area contributed by atoms with Crippen LogP contribution in [0.25, 0.3) is 0 Å². The molecule has 0 aromatic carbocycles. The van der Waals surface area contributed by atoms with E-state index in [4.69, 9.17) is 9.84 Å². The van der Waals surface area contributed by atoms with Gasteiger partial charge in [-0.05, 0) is 0 Å². The maximum Gasteiger partial charge on any atom is 0.159 e. The number of thioether (sulfide) groups is 1. The van der Waals surface area contributed by atoms with E-state index in [1.54, 1.807) is 7.05 Å². The smallest absolute Gasteiger partial charge is 0.159 e. The second-order valence-electron chi connectivity index (χ2n) is 3.50. The number of aliphatic hydroxyl groups excluding tert-OH is 3. The van der Waals surface area contributed by atoms with Gasteiger partial charge < -0.3 is 25.4 Å². The molecular formula is C8H14N2O4S. The van der Waals surface area contributed by atoms with Crippen LogP contribution < -0.4 is 5.32 Å². The monoisotopic (exact) mass is 234 g/mol. The van der Waals surface area contributed by atoms with Crippen molar-refractivity contribution in [3.05, 3.63) is 0 Å². The Morgan fingerprint density at radius 1 is 1.47 bits per heavy atom. The highest BCUT2D eigenvalue weighted by Crippen LogP contribution is 2.35. The van der Waals surface area contributed by atoms with Crippen LogP contribution in [0.15, 0.2) is 4.99 Å². The molecule has 0 radical (unpaired) electrons. The Morgan fingerprint density at radius 2 is 2.20 bits per heavy atom. The average Bonchev–Trinajstić information content (AvgIpc) is 2.66. The second kappa shape index (κ2) is 4.26. The van der Waals surface area contributed by atoms with Gasteiger partial charge in [0.15, 0.2) is 5.17 Å². The van der Waals surface area contributed by atoms with Crippen LogP contribution in [-0.2, 0) is 4.74 Å². The maximum atomic E-state index is 9.77. The molecule has 86 valence electrons. The molecule has 0 aromatic heterocycles. The summed E-state index contributed by atoms with van der Waals surface area (Å²) in [7, 11) is 1.73. The van der Waals surface area contributed by atoms with Crippen LogP contribution in [0, 0.1) is 0 Å². The van der Waals surface area contributed by atoms with Crippen molar-refractivity contribution in [1.82, 2.24) is 5.32 Å². The fourth-order valence-corrected chi connectivity index (χ4v) is 2.78. The van der Waals surface area contributed by atoms with Gasteiger partial charge in [-0.2, -0.15) is 0 Å². The van der Waals surface area contributed by atoms with E-state index in [1.807, 2.05) is 0 Å². The molecule has 1 saturated heterocycles. The number of ether oxygens (including phenoxy) is 1. The lowest BCUT2D eigenvalue weighted by Gasteiger charge is -2.37. The molecule has 6 nitrogen and oxygen atoms in total. The summed E-state index contributed by atoms with van der Waals surface area (Å²) in [5.41, 5.74) is -0.331. The molecule has 0 spiro atoms. The van der Waals surface area contributed by atoms with Gasteiger partial charge in [0.25, 0.3) is 0 Å². The molecule has 7 heteroatoms. The number of fused-ring (bicyclic) bond motifs is 1. The highest BCUT2D eigenvalue weighted by molar-refractivity contribution is 8.14. The minimum Gasteiger partial charge on any atom is -0.394 e. The number of rotatable bonds is 1. The number of aliphatic imine (C=N–C) groups is 1. The van der Waals surface area contributed by atoms with Crippen molar-refractivity contribution < 1.29 is 20.1 Å². The molecule has 1 fully saturated rings. The highest BCUT2D eigenvalue weighted by Gasteiger charge is 2.47. The van der Waals surface area contributed by atoms with Crippen molar-refractivity contribution in [3.8, 4) is 0 Å². The Hall–Kier alpha value is -0.340. The van der Waals surface area contributed by atoms with Crippen molar-refractivity contribution in [2.75, 3.05) is 13.7 Å². The maximum absolute atomic E-state index is 9.77. The Kier molecular flexibility index (Phi) is 3.17. The molecule has 2 aliphatic rings. The Morgan fingerprint density at radius 3 is 2.80 bits per heavy atom. The molecule has 5 unspecified atom stereocenters. The lowest BCUT2D eigenvalue weighted by Crippen LogP contribution is -2.55. The van der Waals surface area contributed by atoms with Gasteiger partial charge in [0, 0.05) is 7.05 Å². The first-order valence-corrected chi connectivity index (χ1v) is 5.60. The number of nitrogens with one attached hydrogen (secondary N) is 1. The van der Waals surface area contributed by atoms with Crippen molar-refractivity contribution >= 4 is 16.9 Å². The summed E-state index contributed by atoms with van der Waals surface area (Å²) in [4.78, 5) is 4.18. The third kappa shape index (κ3) is 1.85. The zero-order chi connectivity index (χ0) is 11.0. The standard InChI is InChI=1S/C8H14N2O4S/c1-9-8-10-4-6(13)5(12)3(2-11)14-7(4)15-8/h3-7,11-13H,2H2,1H3,(H,9,10). The molecule has 2 heterocycles. The van der Waals surface area contributed by atoms with Crippen LogP contribution in [-0.4, -0.2) is 63.9 Å². The first-order valence-electron chi connectivity index (χ1n) is 4.72. The quantitative estimate of drug-likeness (QED) is 0.424. The van der Waals surface area contributed by atoms with Crippen molar-refractivity contribution in [1.29, 1.82) is 0 Å². The van der Waals surface area contributed by atoms with Crippen LogP contribution in [0.4, 0.5) is 0 Å². The lowest BCUT2D eigenvalue weighted by molar-refractivity contribution is -0.164. The number of nitrogens with zero attached hydrogens (tertiary/aromatic N) is 1. The minimum atomic E-state index is -1.09. The van der Waals surface area contributed by atoms with E-state index < -0.39 is 24.4 Å². The summed E-state index contributed by atoms with van der Waals surface area (Å²) < 4.78 is 5.42. The number of amidine groups is 1. The van der Waals surface area contributed by atoms with Crippen molar-refractivity contribution in [2.45, 2.75) is 29.8 Å². The van der Waals surface area contributed by atoms with Crippen molar-refractivity contribution in [3.63, 3.8) is 0 Å². The van der Waals surface area contributed by atoms with Crippen molar-refractivity contribution in [2.24, 2.45) is 4.99 Å². The third-order valence-electron chi connectivity index (χ3n) is 2.56. The summed E-state index contributed by atoms with van der Waals surface area (Å²) >= 11 is 1.35. The van der Waals surface area contributed by atoms with Crippen LogP contribution in [0.5, 0.6) is 0 Å². The second-order valence-corrected chi connectivity index (χ2v) is 4.59. The van der Waals surface area contributed by atoms with Gasteiger partial charge in [-0.1, -0.05) is 11.8 Å². The molecule has 0 bridgehead atoms. The Bertz CT molecular complexity index is 275. The first-order chi connectivity index (χ1) is 7.17. The fraction of sp³-hybridized carbons (Fsp3) is 0.875. The highest BCUT2D eigenvalue weighted by atomic mass is 32.2. The van der Waals surface area contributed by atoms with Gasteiger partial charge in [-0.15, -0.1) is 0 Å². The number of hydrogen-bond donors (Lipinski definition) is 4. The molecule has 15 heavy (non-hydrogen) atoms. The summed E-state index contributed by atoms with van der Waals surface area (Å²) in [5.74, 6) is 0. The Labute approximate surface area is 91.3 Å². The zero-order valence-electron chi connectivity index (χ0n) is 8.20. The van der Waals surface area contributed by atoms with Gasteiger partial charge in [-0.25, -0.2) is 0 Å². The van der Waals surface area contributed by atoms with Gasteiger partial charge in [0.05, 0.1) is 6.61 Å². The summed E-state index contributed by atoms with van der Waals surface area (Å²) in [6.07, 6.45) is -2.81. The summed E-state index contributed by atoms with van der Waals surface area (Å²) in [5, 5.41) is 31.9. The van der Waals surface area contributed by atoms with Gasteiger partial charge >= 0.3 is 0 Å². The van der Waals surface area contributed by atoms with Gasteiger partial charge in [-0.3, -0.25) is 4.99 Å². The molecule has 0 aromatic rings. The van der Waals surface area contributed by atoms with Crippen LogP contribution in [0.1, 0.15) is 0 Å². The van der Waals surface area contributed by atoms with E-state index in [1.165, 1.54) is 11.8 Å². The molecule has 2 rings (SSSR count). The molecule has 0 saturated carbocycles. The molecule has 0 aliphatic carbocycles. The predicted octanol–water partition coefficient (Wildman–Crippen LogP) is -1.88. The number of hydrogen-bond acceptors (Lipinski definition) is 7. The van der Waals surface area contributed by atoms with Gasteiger partial charge in [0.2, 0.25) is 0 Å². The first kappa shape index (κ1) is 11.2. The average molecular weight is 234 g/mol. The minimum absolute atomic E-state index is 0.309.